The van der Waals surface area contributed by atoms with Crippen molar-refractivity contribution in [2.75, 3.05) is 33.3 Å². The minimum absolute atomic E-state index is 0.0995. The molecule has 0 unspecified atom stereocenters. The van der Waals surface area contributed by atoms with E-state index in [4.69, 9.17) is 4.74 Å². The Morgan fingerprint density at radius 2 is 1.73 bits per heavy atom. The van der Waals surface area contributed by atoms with E-state index in [1.54, 1.807) is 7.11 Å². The number of benzene rings is 2. The molecule has 0 bridgehead atoms. The van der Waals surface area contributed by atoms with Crippen LogP contribution in [-0.2, 0) is 16.6 Å². The highest BCUT2D eigenvalue weighted by Crippen LogP contribution is 2.26. The second kappa shape index (κ2) is 8.04. The number of rotatable bonds is 5. The van der Waals surface area contributed by atoms with E-state index in [1.165, 1.54) is 16.4 Å². The van der Waals surface area contributed by atoms with Crippen molar-refractivity contribution in [2.45, 2.75) is 11.4 Å². The fourth-order valence-corrected chi connectivity index (χ4v) is 5.37. The van der Waals surface area contributed by atoms with Crippen LogP contribution in [0.5, 0.6) is 5.75 Å². The first-order valence-corrected chi connectivity index (χ1v) is 10.4. The molecular weight excluding hydrogens is 423 g/mol. The first-order chi connectivity index (χ1) is 12.4. The second-order valence-corrected chi connectivity index (χ2v) is 8.86. The molecule has 2 aromatic carbocycles. The van der Waals surface area contributed by atoms with Crippen molar-refractivity contribution in [3.63, 3.8) is 0 Å². The monoisotopic (exact) mass is 442 g/mol. The molecule has 1 aliphatic heterocycles. The van der Waals surface area contributed by atoms with Gasteiger partial charge in [0.05, 0.1) is 12.0 Å². The topological polar surface area (TPSA) is 49.9 Å². The van der Waals surface area contributed by atoms with Crippen LogP contribution in [0, 0.1) is 5.82 Å². The summed E-state index contributed by atoms with van der Waals surface area (Å²) in [4.78, 5) is 2.32. The normalized spacial score (nSPS) is 16.6. The molecule has 0 aliphatic carbocycles. The summed E-state index contributed by atoms with van der Waals surface area (Å²) in [6.07, 6.45) is 0. The predicted molar refractivity (Wildman–Crippen MR) is 101 cm³/mol. The van der Waals surface area contributed by atoms with E-state index in [9.17, 15) is 12.8 Å². The van der Waals surface area contributed by atoms with Crippen molar-refractivity contribution in [2.24, 2.45) is 0 Å². The van der Waals surface area contributed by atoms with Crippen LogP contribution in [0.4, 0.5) is 4.39 Å². The molecule has 5 nitrogen and oxygen atoms in total. The van der Waals surface area contributed by atoms with E-state index in [0.717, 1.165) is 23.9 Å². The van der Waals surface area contributed by atoms with Gasteiger partial charge in [-0.1, -0.05) is 12.1 Å². The summed E-state index contributed by atoms with van der Waals surface area (Å²) in [6, 6.07) is 11.5. The Bertz CT molecular complexity index is 867. The van der Waals surface area contributed by atoms with Crippen LogP contribution >= 0.6 is 15.9 Å². The molecule has 0 aromatic heterocycles. The van der Waals surface area contributed by atoms with Gasteiger partial charge >= 0.3 is 0 Å². The zero-order valence-corrected chi connectivity index (χ0v) is 16.8. The van der Waals surface area contributed by atoms with Crippen LogP contribution in [0.1, 0.15) is 5.56 Å². The summed E-state index contributed by atoms with van der Waals surface area (Å²) in [6.45, 7) is 2.86. The Hall–Kier alpha value is -1.48. The Morgan fingerprint density at radius 3 is 2.31 bits per heavy atom. The third-order valence-corrected chi connectivity index (χ3v) is 7.28. The van der Waals surface area contributed by atoms with Gasteiger partial charge in [-0.3, -0.25) is 4.90 Å². The molecule has 0 saturated carbocycles. The zero-order valence-electron chi connectivity index (χ0n) is 14.4. The molecule has 1 aliphatic rings. The van der Waals surface area contributed by atoms with Gasteiger partial charge < -0.3 is 4.74 Å². The smallest absolute Gasteiger partial charge is 0.244 e. The number of methoxy groups -OCH3 is 1. The van der Waals surface area contributed by atoms with Gasteiger partial charge in [-0.2, -0.15) is 4.31 Å². The fourth-order valence-electron chi connectivity index (χ4n) is 2.94. The Balaban J connectivity index is 1.63. The largest absolute Gasteiger partial charge is 0.497 e. The molecule has 0 amide bonds. The summed E-state index contributed by atoms with van der Waals surface area (Å²) < 4.78 is 45.7. The number of hydrogen-bond donors (Lipinski definition) is 0. The summed E-state index contributed by atoms with van der Waals surface area (Å²) in [7, 11) is -2.01. The zero-order chi connectivity index (χ0) is 18.7. The maximum absolute atomic E-state index is 13.2. The van der Waals surface area contributed by atoms with E-state index in [-0.39, 0.29) is 9.37 Å². The van der Waals surface area contributed by atoms with Crippen molar-refractivity contribution in [1.82, 2.24) is 9.21 Å². The van der Waals surface area contributed by atoms with Crippen LogP contribution in [-0.4, -0.2) is 50.9 Å². The molecular formula is C18H20BrFN2O3S. The SMILES string of the molecule is COc1ccc(CN2CCN(S(=O)(=O)c3ccc(F)cc3Br)CC2)cc1. The summed E-state index contributed by atoms with van der Waals surface area (Å²) in [5, 5.41) is 0. The van der Waals surface area contributed by atoms with Gasteiger partial charge in [-0.15, -0.1) is 0 Å². The number of nitrogens with zero attached hydrogens (tertiary/aromatic N) is 2. The third-order valence-electron chi connectivity index (χ3n) is 4.41. The lowest BCUT2D eigenvalue weighted by Crippen LogP contribution is -2.48. The van der Waals surface area contributed by atoms with E-state index in [1.807, 2.05) is 24.3 Å². The average molecular weight is 443 g/mol. The van der Waals surface area contributed by atoms with Crippen molar-refractivity contribution >= 4 is 26.0 Å². The van der Waals surface area contributed by atoms with Crippen LogP contribution < -0.4 is 4.74 Å². The average Bonchev–Trinajstić information content (AvgIpc) is 2.62. The third kappa shape index (κ3) is 4.25. The lowest BCUT2D eigenvalue weighted by atomic mass is 10.2. The molecule has 2 aromatic rings. The number of hydrogen-bond acceptors (Lipinski definition) is 4. The molecule has 1 fully saturated rings. The maximum Gasteiger partial charge on any atom is 0.244 e. The molecule has 0 N–H and O–H groups in total. The highest BCUT2D eigenvalue weighted by molar-refractivity contribution is 9.10. The van der Waals surface area contributed by atoms with Gasteiger partial charge in [0.25, 0.3) is 0 Å². The number of halogens is 2. The Labute approximate surface area is 161 Å². The van der Waals surface area contributed by atoms with E-state index < -0.39 is 15.8 Å². The van der Waals surface area contributed by atoms with Gasteiger partial charge in [-0.05, 0) is 51.8 Å². The van der Waals surface area contributed by atoms with Crippen molar-refractivity contribution in [3.05, 3.63) is 58.3 Å². The van der Waals surface area contributed by atoms with Crippen LogP contribution in [0.15, 0.2) is 51.8 Å². The summed E-state index contributed by atoms with van der Waals surface area (Å²) >= 11 is 3.15. The molecule has 26 heavy (non-hydrogen) atoms. The minimum Gasteiger partial charge on any atom is -0.497 e. The van der Waals surface area contributed by atoms with E-state index >= 15 is 0 Å². The standard InChI is InChI=1S/C18H20BrFN2O3S/c1-25-16-5-2-14(3-6-16)13-21-8-10-22(11-9-21)26(23,24)18-7-4-15(20)12-17(18)19/h2-7,12H,8-11,13H2,1H3. The van der Waals surface area contributed by atoms with Crippen molar-refractivity contribution < 1.29 is 17.5 Å². The summed E-state index contributed by atoms with van der Waals surface area (Å²) in [5.74, 6) is 0.342. The quantitative estimate of drug-likeness (QED) is 0.713. The molecule has 0 spiro atoms. The highest BCUT2D eigenvalue weighted by atomic mass is 79.9. The molecule has 1 heterocycles. The van der Waals surface area contributed by atoms with Crippen LogP contribution in [0.2, 0.25) is 0 Å². The van der Waals surface area contributed by atoms with Crippen molar-refractivity contribution in [3.8, 4) is 5.75 Å². The maximum atomic E-state index is 13.2. The first-order valence-electron chi connectivity index (χ1n) is 8.20. The molecule has 0 radical (unpaired) electrons. The predicted octanol–water partition coefficient (Wildman–Crippen LogP) is 3.10. The highest BCUT2D eigenvalue weighted by Gasteiger charge is 2.30. The Kier molecular flexibility index (Phi) is 5.96. The second-order valence-electron chi connectivity index (χ2n) is 6.10. The van der Waals surface area contributed by atoms with Gasteiger partial charge in [0.1, 0.15) is 11.6 Å². The lowest BCUT2D eigenvalue weighted by molar-refractivity contribution is 0.181. The van der Waals surface area contributed by atoms with Gasteiger partial charge in [0, 0.05) is 37.2 Å². The van der Waals surface area contributed by atoms with Gasteiger partial charge in [-0.25, -0.2) is 12.8 Å². The van der Waals surface area contributed by atoms with Crippen molar-refractivity contribution in [1.29, 1.82) is 0 Å². The van der Waals surface area contributed by atoms with Crippen LogP contribution in [0.25, 0.3) is 0 Å². The molecule has 8 heteroatoms. The van der Waals surface area contributed by atoms with Crippen LogP contribution in [0.3, 0.4) is 0 Å². The van der Waals surface area contributed by atoms with E-state index in [2.05, 4.69) is 20.8 Å². The van der Waals surface area contributed by atoms with Gasteiger partial charge in [0.15, 0.2) is 0 Å². The number of piperazine rings is 1. The number of sulfonamides is 1. The molecule has 140 valence electrons. The molecule has 1 saturated heterocycles. The lowest BCUT2D eigenvalue weighted by Gasteiger charge is -2.34. The van der Waals surface area contributed by atoms with E-state index in [0.29, 0.717) is 26.2 Å². The Morgan fingerprint density at radius 1 is 1.08 bits per heavy atom. The van der Waals surface area contributed by atoms with Gasteiger partial charge in [0.2, 0.25) is 10.0 Å². The number of ether oxygens (including phenoxy) is 1. The molecule has 0 atom stereocenters. The first kappa shape index (κ1) is 19.3. The summed E-state index contributed by atoms with van der Waals surface area (Å²) in [5.41, 5.74) is 1.16. The molecule has 3 rings (SSSR count). The fraction of sp³-hybridized carbons (Fsp3) is 0.333. The minimum atomic E-state index is -3.64.